The second kappa shape index (κ2) is 8.37. The van der Waals surface area contributed by atoms with E-state index in [1.54, 1.807) is 25.4 Å². The van der Waals surface area contributed by atoms with Crippen LogP contribution in [0.3, 0.4) is 0 Å². The summed E-state index contributed by atoms with van der Waals surface area (Å²) >= 11 is 1.10. The largest absolute Gasteiger partial charge is 0.366 e. The van der Waals surface area contributed by atoms with Crippen LogP contribution in [0.5, 0.6) is 0 Å². The summed E-state index contributed by atoms with van der Waals surface area (Å²) in [6, 6.07) is 3.76. The van der Waals surface area contributed by atoms with E-state index < -0.39 is 11.8 Å². The Labute approximate surface area is 170 Å². The van der Waals surface area contributed by atoms with Gasteiger partial charge in [-0.1, -0.05) is 17.9 Å². The first-order chi connectivity index (χ1) is 13.9. The summed E-state index contributed by atoms with van der Waals surface area (Å²) < 4.78 is 0. The number of carbonyl (C=O) groups is 2. The Morgan fingerprint density at radius 2 is 2.00 bits per heavy atom. The fourth-order valence-electron chi connectivity index (χ4n) is 2.34. The van der Waals surface area contributed by atoms with Crippen molar-refractivity contribution in [3.8, 4) is 17.3 Å². The van der Waals surface area contributed by atoms with Crippen LogP contribution in [0, 0.1) is 11.3 Å². The number of anilines is 1. The summed E-state index contributed by atoms with van der Waals surface area (Å²) in [5, 5.41) is 11.9. The van der Waals surface area contributed by atoms with Crippen LogP contribution in [0.25, 0.3) is 16.8 Å². The lowest BCUT2D eigenvalue weighted by Crippen LogP contribution is -2.18. The lowest BCUT2D eigenvalue weighted by molar-refractivity contribution is -0.117. The third-order valence-electron chi connectivity index (χ3n) is 4.05. The molecule has 0 fully saturated rings. The zero-order valence-electron chi connectivity index (χ0n) is 15.3. The maximum Gasteiger partial charge on any atom is 0.250 e. The maximum absolute atomic E-state index is 12.5. The van der Waals surface area contributed by atoms with Gasteiger partial charge < -0.3 is 11.1 Å². The smallest absolute Gasteiger partial charge is 0.250 e. The molecule has 3 N–H and O–H groups in total. The van der Waals surface area contributed by atoms with Gasteiger partial charge in [0.05, 0.1) is 41.5 Å². The van der Waals surface area contributed by atoms with Crippen LogP contribution >= 0.6 is 11.3 Å². The summed E-state index contributed by atoms with van der Waals surface area (Å²) in [4.78, 5) is 40.7. The van der Waals surface area contributed by atoms with Gasteiger partial charge >= 0.3 is 0 Å². The number of nitrogens with one attached hydrogen (secondary N) is 1. The molecular weight excluding hydrogens is 390 g/mol. The van der Waals surface area contributed by atoms with Crippen LogP contribution in [0.15, 0.2) is 43.6 Å². The van der Waals surface area contributed by atoms with Crippen LogP contribution in [-0.2, 0) is 9.59 Å². The molecule has 144 valence electrons. The summed E-state index contributed by atoms with van der Waals surface area (Å²) in [6.07, 6.45) is 7.48. The number of nitrogens with zero attached hydrogens (tertiary/aromatic N) is 5. The molecular formula is C19H15N7O2S. The van der Waals surface area contributed by atoms with Gasteiger partial charge in [-0.3, -0.25) is 24.5 Å². The SMILES string of the molecule is C=C(C(N)=O)c1cnc(-c2cncc(C(C)C(=O)Nc3ncc(C#N)s3)c2)cn1. The highest BCUT2D eigenvalue weighted by molar-refractivity contribution is 7.16. The standard InChI is InChI=1S/C19H15N7O2S/c1-10(18(28)26-19-25-7-14(4-20)29-19)12-3-13(6-22-5-12)16-9-23-15(8-24-16)11(2)17(21)27/h3,5-10H,2H2,1H3,(H2,21,27)(H,25,26,28). The maximum atomic E-state index is 12.5. The van der Waals surface area contributed by atoms with Crippen molar-refractivity contribution in [1.29, 1.82) is 5.26 Å². The molecule has 0 saturated carbocycles. The highest BCUT2D eigenvalue weighted by atomic mass is 32.1. The van der Waals surface area contributed by atoms with E-state index in [0.717, 1.165) is 11.3 Å². The third-order valence-corrected chi connectivity index (χ3v) is 4.87. The van der Waals surface area contributed by atoms with Crippen LogP contribution < -0.4 is 11.1 Å². The first kappa shape index (κ1) is 19.8. The number of nitrogens with two attached hydrogens (primary N) is 1. The highest BCUT2D eigenvalue weighted by Crippen LogP contribution is 2.24. The first-order valence-electron chi connectivity index (χ1n) is 8.32. The second-order valence-corrected chi connectivity index (χ2v) is 7.02. The molecule has 3 heterocycles. The van der Waals surface area contributed by atoms with E-state index in [1.807, 2.05) is 6.07 Å². The number of hydrogen-bond donors (Lipinski definition) is 2. The number of pyridine rings is 1. The van der Waals surface area contributed by atoms with Gasteiger partial charge in [-0.05, 0) is 18.6 Å². The number of thiazole rings is 1. The highest BCUT2D eigenvalue weighted by Gasteiger charge is 2.18. The molecule has 3 aromatic rings. The van der Waals surface area contributed by atoms with E-state index in [1.165, 1.54) is 18.6 Å². The summed E-state index contributed by atoms with van der Waals surface area (Å²) in [7, 11) is 0. The molecule has 3 rings (SSSR count). The number of nitriles is 1. The normalized spacial score (nSPS) is 11.3. The van der Waals surface area contributed by atoms with Gasteiger partial charge in [-0.2, -0.15) is 5.26 Å². The predicted octanol–water partition coefficient (Wildman–Crippen LogP) is 2.11. The molecule has 0 bridgehead atoms. The monoisotopic (exact) mass is 405 g/mol. The van der Waals surface area contributed by atoms with E-state index in [9.17, 15) is 9.59 Å². The number of primary amides is 1. The third kappa shape index (κ3) is 4.48. The number of hydrogen-bond acceptors (Lipinski definition) is 8. The Hall–Kier alpha value is -3.97. The minimum atomic E-state index is -0.669. The fourth-order valence-corrected chi connectivity index (χ4v) is 2.96. The number of aromatic nitrogens is 4. The first-order valence-corrected chi connectivity index (χ1v) is 9.14. The van der Waals surface area contributed by atoms with Gasteiger partial charge in [0.1, 0.15) is 10.9 Å². The molecule has 0 radical (unpaired) electrons. The average molecular weight is 405 g/mol. The molecule has 9 nitrogen and oxygen atoms in total. The molecule has 0 aliphatic heterocycles. The van der Waals surface area contributed by atoms with Crippen molar-refractivity contribution in [3.05, 3.63) is 59.8 Å². The van der Waals surface area contributed by atoms with Crippen molar-refractivity contribution in [2.75, 3.05) is 5.32 Å². The number of amides is 2. The Morgan fingerprint density at radius 1 is 1.21 bits per heavy atom. The van der Waals surface area contributed by atoms with Crippen LogP contribution in [0.4, 0.5) is 5.13 Å². The molecule has 3 aromatic heterocycles. The Morgan fingerprint density at radius 3 is 2.62 bits per heavy atom. The predicted molar refractivity (Wildman–Crippen MR) is 107 cm³/mol. The van der Waals surface area contributed by atoms with Crippen LogP contribution in [0.1, 0.15) is 29.0 Å². The van der Waals surface area contributed by atoms with Crippen molar-refractivity contribution >= 4 is 33.9 Å². The van der Waals surface area contributed by atoms with Crippen molar-refractivity contribution in [2.24, 2.45) is 5.73 Å². The van der Waals surface area contributed by atoms with Crippen molar-refractivity contribution in [3.63, 3.8) is 0 Å². The quantitative estimate of drug-likeness (QED) is 0.597. The number of carbonyl (C=O) groups excluding carboxylic acids is 2. The van der Waals surface area contributed by atoms with Gasteiger partial charge in [0.15, 0.2) is 5.13 Å². The van der Waals surface area contributed by atoms with Gasteiger partial charge in [0.25, 0.3) is 0 Å². The molecule has 2 amide bonds. The van der Waals surface area contributed by atoms with Crippen molar-refractivity contribution in [2.45, 2.75) is 12.8 Å². The Bertz CT molecular complexity index is 1130. The molecule has 0 saturated heterocycles. The zero-order valence-corrected chi connectivity index (χ0v) is 16.1. The van der Waals surface area contributed by atoms with E-state index in [0.29, 0.717) is 32.5 Å². The Balaban J connectivity index is 1.78. The van der Waals surface area contributed by atoms with Crippen LogP contribution in [0.2, 0.25) is 0 Å². The minimum Gasteiger partial charge on any atom is -0.366 e. The second-order valence-electron chi connectivity index (χ2n) is 5.99. The van der Waals surface area contributed by atoms with Crippen LogP contribution in [-0.4, -0.2) is 31.8 Å². The zero-order chi connectivity index (χ0) is 21.0. The molecule has 1 atom stereocenters. The summed E-state index contributed by atoms with van der Waals surface area (Å²) in [6.45, 7) is 5.31. The van der Waals surface area contributed by atoms with E-state index in [-0.39, 0.29) is 11.5 Å². The molecule has 1 unspecified atom stereocenters. The van der Waals surface area contributed by atoms with Gasteiger partial charge in [-0.15, -0.1) is 0 Å². The minimum absolute atomic E-state index is 0.0722. The topological polar surface area (TPSA) is 148 Å². The van der Waals surface area contributed by atoms with Gasteiger partial charge in [-0.25, -0.2) is 4.98 Å². The average Bonchev–Trinajstić information content (AvgIpc) is 3.20. The lowest BCUT2D eigenvalue weighted by Gasteiger charge is -2.12. The van der Waals surface area contributed by atoms with E-state index in [2.05, 4.69) is 31.8 Å². The summed E-state index contributed by atoms with van der Waals surface area (Å²) in [5.41, 5.74) is 7.40. The van der Waals surface area contributed by atoms with E-state index in [4.69, 9.17) is 11.0 Å². The molecule has 0 aliphatic rings. The molecule has 29 heavy (non-hydrogen) atoms. The number of rotatable bonds is 6. The molecule has 0 aliphatic carbocycles. The summed E-state index contributed by atoms with van der Waals surface area (Å²) in [5.74, 6) is -1.46. The fraction of sp³-hybridized carbons (Fsp3) is 0.105. The van der Waals surface area contributed by atoms with Crippen molar-refractivity contribution < 1.29 is 9.59 Å². The van der Waals surface area contributed by atoms with Gasteiger partial charge in [0, 0.05) is 18.0 Å². The van der Waals surface area contributed by atoms with Crippen molar-refractivity contribution in [1.82, 2.24) is 19.9 Å². The lowest BCUT2D eigenvalue weighted by atomic mass is 10.00. The Kier molecular flexibility index (Phi) is 5.71. The molecule has 0 spiro atoms. The molecule has 0 aromatic carbocycles. The molecule has 10 heteroatoms. The van der Waals surface area contributed by atoms with E-state index >= 15 is 0 Å². The van der Waals surface area contributed by atoms with Gasteiger partial charge in [0.2, 0.25) is 11.8 Å².